The summed E-state index contributed by atoms with van der Waals surface area (Å²) in [5.41, 5.74) is 3.51. The van der Waals surface area contributed by atoms with Crippen LogP contribution in [0.2, 0.25) is 0 Å². The first-order valence-electron chi connectivity index (χ1n) is 6.94. The van der Waals surface area contributed by atoms with Crippen molar-refractivity contribution >= 4 is 39.1 Å². The number of ether oxygens (including phenoxy) is 1. The molecule has 0 aliphatic rings. The predicted octanol–water partition coefficient (Wildman–Crippen LogP) is 4.88. The molecule has 0 aliphatic carbocycles. The van der Waals surface area contributed by atoms with Crippen LogP contribution in [0.25, 0.3) is 21.3 Å². The molecule has 0 aliphatic heterocycles. The lowest BCUT2D eigenvalue weighted by Gasteiger charge is -2.06. The Morgan fingerprint density at radius 2 is 2.18 bits per heavy atom. The summed E-state index contributed by atoms with van der Waals surface area (Å²) in [5, 5.41) is 0. The fraction of sp³-hybridized carbons (Fsp3) is 0.176. The van der Waals surface area contributed by atoms with Crippen molar-refractivity contribution in [2.45, 2.75) is 12.8 Å². The van der Waals surface area contributed by atoms with E-state index in [2.05, 4.69) is 4.98 Å². The van der Waals surface area contributed by atoms with Crippen molar-refractivity contribution in [3.05, 3.63) is 53.0 Å². The van der Waals surface area contributed by atoms with Crippen molar-refractivity contribution < 1.29 is 9.53 Å². The Kier molecular flexibility index (Phi) is 4.41. The molecule has 2 aromatic heterocycles. The Morgan fingerprint density at radius 1 is 1.32 bits per heavy atom. The molecule has 5 heteroatoms. The third kappa shape index (κ3) is 2.85. The van der Waals surface area contributed by atoms with Crippen LogP contribution in [0.1, 0.15) is 22.2 Å². The highest BCUT2D eigenvalue weighted by Gasteiger charge is 2.12. The zero-order valence-corrected chi connectivity index (χ0v) is 13.6. The van der Waals surface area contributed by atoms with Crippen LogP contribution in [0.3, 0.4) is 0 Å². The maximum Gasteiger partial charge on any atom is 0.338 e. The number of rotatable bonds is 4. The van der Waals surface area contributed by atoms with Gasteiger partial charge >= 0.3 is 5.97 Å². The van der Waals surface area contributed by atoms with Crippen LogP contribution in [0, 0.1) is 0 Å². The van der Waals surface area contributed by atoms with E-state index in [4.69, 9.17) is 16.3 Å². The van der Waals surface area contributed by atoms with Gasteiger partial charge in [-0.15, -0.1) is 22.9 Å². The van der Waals surface area contributed by atoms with Gasteiger partial charge in [-0.3, -0.25) is 4.98 Å². The Hall–Kier alpha value is -1.91. The van der Waals surface area contributed by atoms with E-state index in [-0.39, 0.29) is 5.97 Å². The average Bonchev–Trinajstić information content (AvgIpc) is 2.98. The Balaban J connectivity index is 2.09. The number of carbonyl (C=O) groups excluding carboxylic acids is 1. The number of thiophene rings is 1. The van der Waals surface area contributed by atoms with Crippen molar-refractivity contribution in [3.8, 4) is 11.1 Å². The summed E-state index contributed by atoms with van der Waals surface area (Å²) in [6.45, 7) is 2.17. The molecule has 3 aromatic rings. The molecule has 0 saturated carbocycles. The number of aromatic nitrogens is 1. The van der Waals surface area contributed by atoms with Crippen LogP contribution in [-0.2, 0) is 10.6 Å². The van der Waals surface area contributed by atoms with Gasteiger partial charge in [0.2, 0.25) is 0 Å². The first-order chi connectivity index (χ1) is 10.7. The standard InChI is InChI=1S/C17H14ClNO2S/c1-2-21-17(20)12-5-3-4-11(8-12)14-6-7-19-15-9-13(10-18)22-16(14)15/h3-9H,2,10H2,1H3. The van der Waals surface area contributed by atoms with Gasteiger partial charge in [0.25, 0.3) is 0 Å². The van der Waals surface area contributed by atoms with Gasteiger partial charge in [-0.2, -0.15) is 0 Å². The van der Waals surface area contributed by atoms with Crippen LogP contribution in [0.5, 0.6) is 0 Å². The molecule has 2 heterocycles. The summed E-state index contributed by atoms with van der Waals surface area (Å²) in [7, 11) is 0. The first-order valence-corrected chi connectivity index (χ1v) is 8.29. The van der Waals surface area contributed by atoms with Crippen molar-refractivity contribution in [2.75, 3.05) is 6.61 Å². The molecule has 0 amide bonds. The average molecular weight is 332 g/mol. The third-order valence-corrected chi connectivity index (χ3v) is 4.88. The SMILES string of the molecule is CCOC(=O)c1cccc(-c2ccnc3cc(CCl)sc23)c1. The van der Waals surface area contributed by atoms with E-state index >= 15 is 0 Å². The Labute approximate surface area is 137 Å². The van der Waals surface area contributed by atoms with Crippen LogP contribution in [0.4, 0.5) is 0 Å². The van der Waals surface area contributed by atoms with Crippen molar-refractivity contribution in [1.82, 2.24) is 4.98 Å². The highest BCUT2D eigenvalue weighted by atomic mass is 35.5. The molecule has 22 heavy (non-hydrogen) atoms. The molecule has 0 atom stereocenters. The molecule has 3 nitrogen and oxygen atoms in total. The molecule has 3 rings (SSSR count). The van der Waals surface area contributed by atoms with Gasteiger partial charge in [0.15, 0.2) is 0 Å². The van der Waals surface area contributed by atoms with Crippen molar-refractivity contribution in [3.63, 3.8) is 0 Å². The minimum atomic E-state index is -0.303. The second kappa shape index (κ2) is 6.46. The number of hydrogen-bond donors (Lipinski definition) is 0. The monoisotopic (exact) mass is 331 g/mol. The van der Waals surface area contributed by atoms with Gasteiger partial charge in [0.1, 0.15) is 0 Å². The van der Waals surface area contributed by atoms with Gasteiger partial charge in [0.05, 0.1) is 28.3 Å². The smallest absolute Gasteiger partial charge is 0.338 e. The van der Waals surface area contributed by atoms with Crippen LogP contribution >= 0.6 is 22.9 Å². The Bertz CT molecular complexity index is 828. The lowest BCUT2D eigenvalue weighted by Crippen LogP contribution is -2.04. The molecule has 0 unspecified atom stereocenters. The van der Waals surface area contributed by atoms with Gasteiger partial charge in [0, 0.05) is 16.6 Å². The molecule has 1 aromatic carbocycles. The number of carbonyl (C=O) groups is 1. The fourth-order valence-corrected chi connectivity index (χ4v) is 3.55. The fourth-order valence-electron chi connectivity index (χ4n) is 2.31. The molecule has 0 saturated heterocycles. The number of alkyl halides is 1. The van der Waals surface area contributed by atoms with Crippen LogP contribution < -0.4 is 0 Å². The quantitative estimate of drug-likeness (QED) is 0.505. The van der Waals surface area contributed by atoms with Gasteiger partial charge < -0.3 is 4.74 Å². The number of hydrogen-bond acceptors (Lipinski definition) is 4. The maximum atomic E-state index is 11.9. The number of pyridine rings is 1. The van der Waals surface area contributed by atoms with E-state index in [0.29, 0.717) is 18.1 Å². The number of halogens is 1. The van der Waals surface area contributed by atoms with Gasteiger partial charge in [-0.05, 0) is 36.8 Å². The summed E-state index contributed by atoms with van der Waals surface area (Å²) in [6.07, 6.45) is 1.78. The Morgan fingerprint density at radius 3 is 2.95 bits per heavy atom. The molecular weight excluding hydrogens is 318 g/mol. The van der Waals surface area contributed by atoms with E-state index in [9.17, 15) is 4.79 Å². The second-order valence-electron chi connectivity index (χ2n) is 4.72. The topological polar surface area (TPSA) is 39.2 Å². The van der Waals surface area contributed by atoms with Gasteiger partial charge in [-0.1, -0.05) is 12.1 Å². The highest BCUT2D eigenvalue weighted by molar-refractivity contribution is 7.19. The molecule has 0 N–H and O–H groups in total. The van der Waals surface area contributed by atoms with E-state index in [1.54, 1.807) is 30.5 Å². The predicted molar refractivity (Wildman–Crippen MR) is 90.6 cm³/mol. The van der Waals surface area contributed by atoms with Crippen molar-refractivity contribution in [2.24, 2.45) is 0 Å². The largest absolute Gasteiger partial charge is 0.462 e. The lowest BCUT2D eigenvalue weighted by atomic mass is 10.0. The third-order valence-electron chi connectivity index (χ3n) is 3.28. The van der Waals surface area contributed by atoms with Crippen molar-refractivity contribution in [1.29, 1.82) is 0 Å². The minimum Gasteiger partial charge on any atom is -0.462 e. The molecule has 0 fully saturated rings. The van der Waals surface area contributed by atoms with Crippen LogP contribution in [-0.4, -0.2) is 17.6 Å². The van der Waals surface area contributed by atoms with Gasteiger partial charge in [-0.25, -0.2) is 4.79 Å². The lowest BCUT2D eigenvalue weighted by molar-refractivity contribution is 0.0526. The van der Waals surface area contributed by atoms with E-state index in [0.717, 1.165) is 26.2 Å². The van der Waals surface area contributed by atoms with E-state index < -0.39 is 0 Å². The van der Waals surface area contributed by atoms with Crippen LogP contribution in [0.15, 0.2) is 42.6 Å². The molecule has 0 bridgehead atoms. The maximum absolute atomic E-state index is 11.9. The molecule has 112 valence electrons. The highest BCUT2D eigenvalue weighted by Crippen LogP contribution is 2.34. The summed E-state index contributed by atoms with van der Waals surface area (Å²) in [4.78, 5) is 17.4. The second-order valence-corrected chi connectivity index (χ2v) is 6.12. The number of esters is 1. The zero-order chi connectivity index (χ0) is 15.5. The van der Waals surface area contributed by atoms with E-state index in [1.165, 1.54) is 0 Å². The minimum absolute atomic E-state index is 0.303. The molecular formula is C17H14ClNO2S. The number of fused-ring (bicyclic) bond motifs is 1. The number of nitrogens with zero attached hydrogens (tertiary/aromatic N) is 1. The normalized spacial score (nSPS) is 10.8. The van der Waals surface area contributed by atoms with E-state index in [1.807, 2.05) is 30.3 Å². The summed E-state index contributed by atoms with van der Waals surface area (Å²) < 4.78 is 6.14. The molecule has 0 spiro atoms. The summed E-state index contributed by atoms with van der Waals surface area (Å²) >= 11 is 7.55. The summed E-state index contributed by atoms with van der Waals surface area (Å²) in [5.74, 6) is 0.172. The molecule has 0 radical (unpaired) electrons. The zero-order valence-electron chi connectivity index (χ0n) is 12.0. The summed E-state index contributed by atoms with van der Waals surface area (Å²) in [6, 6.07) is 11.4. The first kappa shape index (κ1) is 15.0. The number of benzene rings is 1.